The summed E-state index contributed by atoms with van der Waals surface area (Å²) >= 11 is 0. The lowest BCUT2D eigenvalue weighted by molar-refractivity contribution is 1.25. The molecule has 0 amide bonds. The molecule has 0 atom stereocenters. The second-order valence-electron chi connectivity index (χ2n) is 2.01. The lowest BCUT2D eigenvalue weighted by Crippen LogP contribution is -1.87. The van der Waals surface area contributed by atoms with Gasteiger partial charge in [0.25, 0.3) is 0 Å². The summed E-state index contributed by atoms with van der Waals surface area (Å²) < 4.78 is 0. The van der Waals surface area contributed by atoms with Crippen LogP contribution in [0.4, 0.5) is 0 Å². The van der Waals surface area contributed by atoms with E-state index in [4.69, 9.17) is 0 Å². The first-order valence-electron chi connectivity index (χ1n) is 3.74. The molecule has 11 heavy (non-hydrogen) atoms. The van der Waals surface area contributed by atoms with Crippen molar-refractivity contribution < 1.29 is 0 Å². The highest BCUT2D eigenvalue weighted by molar-refractivity contribution is 5.87. The van der Waals surface area contributed by atoms with Crippen molar-refractivity contribution in [2.24, 2.45) is 9.98 Å². The third-order valence-electron chi connectivity index (χ3n) is 1.02. The molecule has 0 aromatic heterocycles. The fourth-order valence-corrected chi connectivity index (χ4v) is 0.497. The van der Waals surface area contributed by atoms with Crippen molar-refractivity contribution >= 4 is 12.1 Å². The van der Waals surface area contributed by atoms with Crippen LogP contribution in [0.25, 0.3) is 0 Å². The van der Waals surface area contributed by atoms with Gasteiger partial charge < -0.3 is 0 Å². The summed E-state index contributed by atoms with van der Waals surface area (Å²) in [6.45, 7) is 6.29. The highest BCUT2D eigenvalue weighted by Crippen LogP contribution is 1.79. The smallest absolute Gasteiger partial charge is 0.120 e. The van der Waals surface area contributed by atoms with Crippen LogP contribution in [0.5, 0.6) is 0 Å². The van der Waals surface area contributed by atoms with Gasteiger partial charge in [0, 0.05) is 6.21 Å². The second-order valence-corrected chi connectivity index (χ2v) is 2.01. The number of rotatable bonds is 2. The molecule has 2 heteroatoms. The lowest BCUT2D eigenvalue weighted by Gasteiger charge is -1.87. The SMILES string of the molecule is CC#CCN=C(C)N=CCC. The fraction of sp³-hybridized carbons (Fsp3) is 0.556. The summed E-state index contributed by atoms with van der Waals surface area (Å²) in [5.74, 6) is 6.41. The van der Waals surface area contributed by atoms with Gasteiger partial charge in [-0.15, -0.1) is 5.92 Å². The molecule has 0 spiro atoms. The summed E-state index contributed by atoms with van der Waals surface area (Å²) in [6, 6.07) is 0. The monoisotopic (exact) mass is 150 g/mol. The van der Waals surface area contributed by atoms with Crippen LogP contribution < -0.4 is 0 Å². The average Bonchev–Trinajstić information content (AvgIpc) is 2.01. The van der Waals surface area contributed by atoms with Crippen LogP contribution in [0.3, 0.4) is 0 Å². The zero-order valence-corrected chi connectivity index (χ0v) is 7.39. The summed E-state index contributed by atoms with van der Waals surface area (Å²) in [4.78, 5) is 8.17. The van der Waals surface area contributed by atoms with E-state index < -0.39 is 0 Å². The highest BCUT2D eigenvalue weighted by atomic mass is 14.9. The largest absolute Gasteiger partial charge is 0.258 e. The summed E-state index contributed by atoms with van der Waals surface area (Å²) in [5, 5.41) is 0. The van der Waals surface area contributed by atoms with Crippen LogP contribution in [0.2, 0.25) is 0 Å². The minimum atomic E-state index is 0.559. The maximum Gasteiger partial charge on any atom is 0.120 e. The normalized spacial score (nSPS) is 11.4. The van der Waals surface area contributed by atoms with Crippen LogP contribution >= 0.6 is 0 Å². The summed E-state index contributed by atoms with van der Waals surface area (Å²) in [5.41, 5.74) is 0. The van der Waals surface area contributed by atoms with Gasteiger partial charge in [-0.3, -0.25) is 4.99 Å². The van der Waals surface area contributed by atoms with Crippen molar-refractivity contribution in [2.45, 2.75) is 27.2 Å². The Hall–Kier alpha value is -1.10. The van der Waals surface area contributed by atoms with Crippen LogP contribution in [0.15, 0.2) is 9.98 Å². The third kappa shape index (κ3) is 6.79. The zero-order valence-electron chi connectivity index (χ0n) is 7.39. The first-order chi connectivity index (χ1) is 5.31. The Kier molecular flexibility index (Phi) is 6.31. The first-order valence-corrected chi connectivity index (χ1v) is 3.74. The molecule has 0 N–H and O–H groups in total. The van der Waals surface area contributed by atoms with E-state index in [1.807, 2.05) is 20.1 Å². The van der Waals surface area contributed by atoms with Gasteiger partial charge in [-0.25, -0.2) is 4.99 Å². The van der Waals surface area contributed by atoms with Crippen molar-refractivity contribution in [3.8, 4) is 11.8 Å². The van der Waals surface area contributed by atoms with E-state index in [1.54, 1.807) is 6.92 Å². The molecule has 0 radical (unpaired) electrons. The van der Waals surface area contributed by atoms with Gasteiger partial charge in [-0.05, 0) is 20.3 Å². The predicted molar refractivity (Wildman–Crippen MR) is 50.2 cm³/mol. The number of hydrogen-bond donors (Lipinski definition) is 0. The molecule has 2 nitrogen and oxygen atoms in total. The Bertz CT molecular complexity index is 203. The van der Waals surface area contributed by atoms with Gasteiger partial charge in [-0.1, -0.05) is 12.8 Å². The molecule has 0 bridgehead atoms. The van der Waals surface area contributed by atoms with Gasteiger partial charge in [0.2, 0.25) is 0 Å². The number of hydrogen-bond acceptors (Lipinski definition) is 1. The number of amidine groups is 1. The number of nitrogens with zero attached hydrogens (tertiary/aromatic N) is 2. The van der Waals surface area contributed by atoms with Gasteiger partial charge in [-0.2, -0.15) is 0 Å². The van der Waals surface area contributed by atoms with Gasteiger partial charge in [0.1, 0.15) is 12.4 Å². The first kappa shape index (κ1) is 9.90. The van der Waals surface area contributed by atoms with Crippen LogP contribution in [-0.2, 0) is 0 Å². The van der Waals surface area contributed by atoms with E-state index in [0.29, 0.717) is 6.54 Å². The van der Waals surface area contributed by atoms with E-state index >= 15 is 0 Å². The standard InChI is InChI=1S/C9H14N2/c1-4-6-8-11-9(3)10-7-5-2/h7H,5,8H2,1-3H3. The van der Waals surface area contributed by atoms with Gasteiger partial charge >= 0.3 is 0 Å². The predicted octanol–water partition coefficient (Wildman–Crippen LogP) is 1.91. The lowest BCUT2D eigenvalue weighted by atomic mass is 10.5. The molecule has 0 heterocycles. The highest BCUT2D eigenvalue weighted by Gasteiger charge is 1.79. The van der Waals surface area contributed by atoms with Crippen molar-refractivity contribution in [1.29, 1.82) is 0 Å². The molecule has 0 aliphatic rings. The van der Waals surface area contributed by atoms with E-state index in [1.165, 1.54) is 0 Å². The molecule has 0 aromatic rings. The summed E-state index contributed by atoms with van der Waals surface area (Å²) in [7, 11) is 0. The van der Waals surface area contributed by atoms with E-state index in [2.05, 4.69) is 21.8 Å². The van der Waals surface area contributed by atoms with E-state index in [9.17, 15) is 0 Å². The molecule has 0 fully saturated rings. The Morgan fingerprint density at radius 2 is 2.27 bits per heavy atom. The molecule has 0 saturated heterocycles. The fourth-order valence-electron chi connectivity index (χ4n) is 0.497. The molecular weight excluding hydrogens is 136 g/mol. The second kappa shape index (κ2) is 7.01. The Morgan fingerprint density at radius 1 is 1.55 bits per heavy atom. The van der Waals surface area contributed by atoms with Crippen molar-refractivity contribution in [1.82, 2.24) is 0 Å². The molecule has 0 unspecified atom stereocenters. The molecular formula is C9H14N2. The number of aliphatic imine (C=N–C) groups is 2. The van der Waals surface area contributed by atoms with Gasteiger partial charge in [0.15, 0.2) is 0 Å². The van der Waals surface area contributed by atoms with Crippen LogP contribution in [0.1, 0.15) is 27.2 Å². The Morgan fingerprint density at radius 3 is 2.82 bits per heavy atom. The Balaban J connectivity index is 3.77. The molecule has 0 aliphatic carbocycles. The molecule has 60 valence electrons. The van der Waals surface area contributed by atoms with E-state index in [0.717, 1.165) is 12.3 Å². The maximum atomic E-state index is 4.10. The van der Waals surface area contributed by atoms with Crippen molar-refractivity contribution in [3.05, 3.63) is 0 Å². The average molecular weight is 150 g/mol. The van der Waals surface area contributed by atoms with Crippen molar-refractivity contribution in [2.75, 3.05) is 6.54 Å². The molecule has 0 aromatic carbocycles. The third-order valence-corrected chi connectivity index (χ3v) is 1.02. The van der Waals surface area contributed by atoms with E-state index in [-0.39, 0.29) is 0 Å². The quantitative estimate of drug-likeness (QED) is 0.326. The van der Waals surface area contributed by atoms with Crippen LogP contribution in [0, 0.1) is 11.8 Å². The molecule has 0 saturated carbocycles. The van der Waals surface area contributed by atoms with Crippen molar-refractivity contribution in [3.63, 3.8) is 0 Å². The Labute approximate surface area is 68.4 Å². The minimum absolute atomic E-state index is 0.559. The maximum absolute atomic E-state index is 4.10. The molecule has 0 rings (SSSR count). The van der Waals surface area contributed by atoms with Crippen LogP contribution in [-0.4, -0.2) is 18.6 Å². The van der Waals surface area contributed by atoms with Gasteiger partial charge in [0.05, 0.1) is 0 Å². The minimum Gasteiger partial charge on any atom is -0.258 e. The zero-order chi connectivity index (χ0) is 8.53. The summed E-state index contributed by atoms with van der Waals surface area (Å²) in [6.07, 6.45) is 2.80. The molecule has 0 aliphatic heterocycles. The topological polar surface area (TPSA) is 24.7 Å².